The molecule has 1 aromatic carbocycles. The molecule has 2 heteroatoms. The molecule has 0 radical (unpaired) electrons. The van der Waals surface area contributed by atoms with Crippen molar-refractivity contribution in [3.8, 4) is 0 Å². The van der Waals surface area contributed by atoms with E-state index < -0.39 is 0 Å². The maximum atomic E-state index is 8.61. The van der Waals surface area contributed by atoms with Crippen LogP contribution in [0.4, 0.5) is 0 Å². The van der Waals surface area contributed by atoms with Gasteiger partial charge in [-0.3, -0.25) is 0 Å². The molecular weight excluding hydrogens is 174 g/mol. The van der Waals surface area contributed by atoms with E-state index in [0.717, 1.165) is 0 Å². The Kier molecular flexibility index (Phi) is 4.97. The number of hydrogen-bond donors (Lipinski definition) is 2. The smallest absolute Gasteiger partial charge is 0.0556 e. The summed E-state index contributed by atoms with van der Waals surface area (Å²) in [5.41, 5.74) is 1.20. The highest BCUT2D eigenvalue weighted by Crippen LogP contribution is 2.01. The van der Waals surface area contributed by atoms with Gasteiger partial charge >= 0.3 is 0 Å². The van der Waals surface area contributed by atoms with Gasteiger partial charge in [-0.1, -0.05) is 42.5 Å². The van der Waals surface area contributed by atoms with Crippen molar-refractivity contribution in [2.45, 2.75) is 13.0 Å². The zero-order valence-corrected chi connectivity index (χ0v) is 8.48. The van der Waals surface area contributed by atoms with Crippen molar-refractivity contribution in [3.05, 3.63) is 42.0 Å². The lowest BCUT2D eigenvalue weighted by molar-refractivity contribution is 0.289. The normalized spacial score (nSPS) is 13.3. The molecule has 2 N–H and O–H groups in total. The van der Waals surface area contributed by atoms with Gasteiger partial charge < -0.3 is 10.4 Å². The molecule has 0 saturated heterocycles. The summed E-state index contributed by atoms with van der Waals surface area (Å²) in [5, 5.41) is 11.8. The molecule has 76 valence electrons. The Morgan fingerprint density at radius 1 is 1.36 bits per heavy atom. The fraction of sp³-hybridized carbons (Fsp3) is 0.333. The Morgan fingerprint density at radius 2 is 2.07 bits per heavy atom. The third-order valence-electron chi connectivity index (χ3n) is 1.96. The van der Waals surface area contributed by atoms with Gasteiger partial charge in [-0.2, -0.15) is 0 Å². The van der Waals surface area contributed by atoms with Gasteiger partial charge in [0.25, 0.3) is 0 Å². The SMILES string of the molecule is CC(C=Cc1ccccc1)NCCO. The van der Waals surface area contributed by atoms with Crippen molar-refractivity contribution in [2.75, 3.05) is 13.2 Å². The van der Waals surface area contributed by atoms with Crippen LogP contribution in [0.2, 0.25) is 0 Å². The highest BCUT2D eigenvalue weighted by Gasteiger charge is 1.93. The number of nitrogens with one attached hydrogen (secondary N) is 1. The summed E-state index contributed by atoms with van der Waals surface area (Å²) in [4.78, 5) is 0. The minimum absolute atomic E-state index is 0.184. The molecule has 1 rings (SSSR count). The molecule has 1 aromatic rings. The molecule has 1 atom stereocenters. The number of aliphatic hydroxyl groups excluding tert-OH is 1. The Hall–Kier alpha value is -1.12. The number of hydrogen-bond acceptors (Lipinski definition) is 2. The van der Waals surface area contributed by atoms with Gasteiger partial charge in [0.1, 0.15) is 0 Å². The Labute approximate surface area is 85.3 Å². The summed E-state index contributed by atoms with van der Waals surface area (Å²) in [5.74, 6) is 0. The van der Waals surface area contributed by atoms with Crippen molar-refractivity contribution in [2.24, 2.45) is 0 Å². The number of aliphatic hydroxyl groups is 1. The Bertz CT molecular complexity index is 269. The third kappa shape index (κ3) is 4.21. The molecule has 0 aliphatic rings. The van der Waals surface area contributed by atoms with Crippen LogP contribution < -0.4 is 5.32 Å². The zero-order chi connectivity index (χ0) is 10.2. The van der Waals surface area contributed by atoms with Crippen molar-refractivity contribution >= 4 is 6.08 Å². The van der Waals surface area contributed by atoms with E-state index in [-0.39, 0.29) is 6.61 Å². The first-order valence-corrected chi connectivity index (χ1v) is 4.90. The van der Waals surface area contributed by atoms with E-state index in [4.69, 9.17) is 5.11 Å². The van der Waals surface area contributed by atoms with Gasteiger partial charge in [0.15, 0.2) is 0 Å². The van der Waals surface area contributed by atoms with Gasteiger partial charge in [-0.15, -0.1) is 0 Å². The molecule has 0 amide bonds. The van der Waals surface area contributed by atoms with Crippen LogP contribution in [-0.2, 0) is 0 Å². The number of rotatable bonds is 5. The second-order valence-electron chi connectivity index (χ2n) is 3.24. The molecule has 0 fully saturated rings. The summed E-state index contributed by atoms with van der Waals surface area (Å²) >= 11 is 0. The third-order valence-corrected chi connectivity index (χ3v) is 1.96. The van der Waals surface area contributed by atoms with Crippen LogP contribution in [0.15, 0.2) is 36.4 Å². The predicted octanol–water partition coefficient (Wildman–Crippen LogP) is 1.67. The van der Waals surface area contributed by atoms with Crippen LogP contribution in [0.5, 0.6) is 0 Å². The summed E-state index contributed by atoms with van der Waals surface area (Å²) in [6, 6.07) is 10.5. The Morgan fingerprint density at radius 3 is 2.71 bits per heavy atom. The summed E-state index contributed by atoms with van der Waals surface area (Å²) in [7, 11) is 0. The second-order valence-corrected chi connectivity index (χ2v) is 3.24. The maximum absolute atomic E-state index is 8.61. The number of benzene rings is 1. The first kappa shape index (κ1) is 11.0. The van der Waals surface area contributed by atoms with E-state index in [1.54, 1.807) is 0 Å². The summed E-state index contributed by atoms with van der Waals surface area (Å²) in [6.45, 7) is 2.89. The quantitative estimate of drug-likeness (QED) is 0.742. The molecule has 0 aromatic heterocycles. The van der Waals surface area contributed by atoms with E-state index >= 15 is 0 Å². The van der Waals surface area contributed by atoms with Crippen LogP contribution >= 0.6 is 0 Å². The molecule has 1 unspecified atom stereocenters. The van der Waals surface area contributed by atoms with Gasteiger partial charge in [0.2, 0.25) is 0 Å². The average Bonchev–Trinajstić information content (AvgIpc) is 2.25. The molecule has 0 heterocycles. The molecule has 0 spiro atoms. The largest absolute Gasteiger partial charge is 0.395 e. The van der Waals surface area contributed by atoms with Gasteiger partial charge in [0.05, 0.1) is 6.61 Å². The van der Waals surface area contributed by atoms with Crippen molar-refractivity contribution in [1.82, 2.24) is 5.32 Å². The first-order valence-electron chi connectivity index (χ1n) is 4.90. The van der Waals surface area contributed by atoms with E-state index in [0.29, 0.717) is 12.6 Å². The van der Waals surface area contributed by atoms with E-state index in [9.17, 15) is 0 Å². The zero-order valence-electron chi connectivity index (χ0n) is 8.48. The van der Waals surface area contributed by atoms with Crippen LogP contribution in [0.3, 0.4) is 0 Å². The molecule has 2 nitrogen and oxygen atoms in total. The molecule has 14 heavy (non-hydrogen) atoms. The lowest BCUT2D eigenvalue weighted by Crippen LogP contribution is -2.26. The minimum Gasteiger partial charge on any atom is -0.395 e. The lowest BCUT2D eigenvalue weighted by Gasteiger charge is -2.06. The van der Waals surface area contributed by atoms with Crippen molar-refractivity contribution < 1.29 is 5.11 Å². The van der Waals surface area contributed by atoms with Crippen molar-refractivity contribution in [1.29, 1.82) is 0 Å². The lowest BCUT2D eigenvalue weighted by atomic mass is 10.2. The summed E-state index contributed by atoms with van der Waals surface area (Å²) < 4.78 is 0. The van der Waals surface area contributed by atoms with Gasteiger partial charge in [0, 0.05) is 12.6 Å². The molecule has 0 aliphatic heterocycles. The van der Waals surface area contributed by atoms with Crippen LogP contribution in [-0.4, -0.2) is 24.3 Å². The molecule has 0 saturated carbocycles. The average molecular weight is 191 g/mol. The van der Waals surface area contributed by atoms with E-state index in [2.05, 4.69) is 36.5 Å². The topological polar surface area (TPSA) is 32.3 Å². The second kappa shape index (κ2) is 6.35. The fourth-order valence-corrected chi connectivity index (χ4v) is 1.18. The maximum Gasteiger partial charge on any atom is 0.0556 e. The monoisotopic (exact) mass is 191 g/mol. The molecule has 0 bridgehead atoms. The van der Waals surface area contributed by atoms with Crippen LogP contribution in [0, 0.1) is 0 Å². The van der Waals surface area contributed by atoms with Crippen LogP contribution in [0.1, 0.15) is 12.5 Å². The van der Waals surface area contributed by atoms with Gasteiger partial charge in [-0.05, 0) is 12.5 Å². The highest BCUT2D eigenvalue weighted by molar-refractivity contribution is 5.49. The van der Waals surface area contributed by atoms with E-state index in [1.165, 1.54) is 5.56 Å². The first-order chi connectivity index (χ1) is 6.83. The Balaban J connectivity index is 2.39. The van der Waals surface area contributed by atoms with Gasteiger partial charge in [-0.25, -0.2) is 0 Å². The molecule has 0 aliphatic carbocycles. The summed E-state index contributed by atoms with van der Waals surface area (Å²) in [6.07, 6.45) is 4.17. The fourth-order valence-electron chi connectivity index (χ4n) is 1.18. The van der Waals surface area contributed by atoms with E-state index in [1.807, 2.05) is 18.2 Å². The van der Waals surface area contributed by atoms with Crippen molar-refractivity contribution in [3.63, 3.8) is 0 Å². The standard InChI is InChI=1S/C12H17NO/c1-11(13-9-10-14)7-8-12-5-3-2-4-6-12/h2-8,11,13-14H,9-10H2,1H3. The van der Waals surface area contributed by atoms with Crippen LogP contribution in [0.25, 0.3) is 6.08 Å². The highest BCUT2D eigenvalue weighted by atomic mass is 16.3. The molecular formula is C12H17NO. The minimum atomic E-state index is 0.184. The predicted molar refractivity (Wildman–Crippen MR) is 60.0 cm³/mol.